The number of aliphatic carboxylic acids is 1. The first-order chi connectivity index (χ1) is 8.54. The minimum Gasteiger partial charge on any atom is -0.481 e. The average Bonchev–Trinajstić information content (AvgIpc) is 2.28. The summed E-state index contributed by atoms with van der Waals surface area (Å²) in [6, 6.07) is 2.90. The zero-order chi connectivity index (χ0) is 13.5. The fourth-order valence-electron chi connectivity index (χ4n) is 1.70. The summed E-state index contributed by atoms with van der Waals surface area (Å²) in [6.45, 7) is 1.96. The summed E-state index contributed by atoms with van der Waals surface area (Å²) in [7, 11) is 0. The standard InChI is InChI=1S/C12H17N3O3/c1-2-4-8(7-10(16)17)15-12-9(11(13)18)5-3-6-14-12/h3,5-6,8H,2,4,7H2,1H3,(H2,13,18)(H,14,15)(H,16,17). The van der Waals surface area contributed by atoms with Crippen molar-refractivity contribution in [3.05, 3.63) is 23.9 Å². The smallest absolute Gasteiger partial charge is 0.305 e. The maximum Gasteiger partial charge on any atom is 0.305 e. The highest BCUT2D eigenvalue weighted by atomic mass is 16.4. The van der Waals surface area contributed by atoms with E-state index in [9.17, 15) is 9.59 Å². The molecule has 98 valence electrons. The minimum absolute atomic E-state index is 0.0252. The lowest BCUT2D eigenvalue weighted by Gasteiger charge is -2.18. The zero-order valence-corrected chi connectivity index (χ0v) is 10.2. The molecule has 0 radical (unpaired) electrons. The molecule has 0 bridgehead atoms. The van der Waals surface area contributed by atoms with Gasteiger partial charge in [0, 0.05) is 12.2 Å². The number of carboxylic acids is 1. The molecular formula is C12H17N3O3. The second-order valence-corrected chi connectivity index (χ2v) is 3.99. The molecule has 6 nitrogen and oxygen atoms in total. The Bertz CT molecular complexity index is 434. The second kappa shape index (κ2) is 6.58. The number of hydrogen-bond acceptors (Lipinski definition) is 4. The number of anilines is 1. The van der Waals surface area contributed by atoms with Gasteiger partial charge in [0.05, 0.1) is 12.0 Å². The lowest BCUT2D eigenvalue weighted by Crippen LogP contribution is -2.25. The number of carbonyl (C=O) groups is 2. The van der Waals surface area contributed by atoms with Crippen molar-refractivity contribution in [1.82, 2.24) is 4.98 Å². The van der Waals surface area contributed by atoms with Crippen LogP contribution in [0.2, 0.25) is 0 Å². The predicted octanol–water partition coefficient (Wildman–Crippen LogP) is 1.24. The largest absolute Gasteiger partial charge is 0.481 e. The van der Waals surface area contributed by atoms with Crippen LogP contribution < -0.4 is 11.1 Å². The summed E-state index contributed by atoms with van der Waals surface area (Å²) in [5.74, 6) is -1.14. The van der Waals surface area contributed by atoms with Gasteiger partial charge in [0.2, 0.25) is 0 Å². The van der Waals surface area contributed by atoms with Gasteiger partial charge in [-0.15, -0.1) is 0 Å². The van der Waals surface area contributed by atoms with Crippen LogP contribution >= 0.6 is 0 Å². The van der Waals surface area contributed by atoms with Crippen LogP contribution in [0.5, 0.6) is 0 Å². The molecule has 1 unspecified atom stereocenters. The Hall–Kier alpha value is -2.11. The molecule has 1 heterocycles. The lowest BCUT2D eigenvalue weighted by molar-refractivity contribution is -0.137. The van der Waals surface area contributed by atoms with Crippen molar-refractivity contribution in [3.63, 3.8) is 0 Å². The number of carboxylic acid groups (broad SMARTS) is 1. The highest BCUT2D eigenvalue weighted by molar-refractivity contribution is 5.97. The Balaban J connectivity index is 2.85. The van der Waals surface area contributed by atoms with Gasteiger partial charge in [-0.05, 0) is 18.6 Å². The maximum atomic E-state index is 11.2. The van der Waals surface area contributed by atoms with Crippen LogP contribution in [0.3, 0.4) is 0 Å². The van der Waals surface area contributed by atoms with Crippen molar-refractivity contribution < 1.29 is 14.7 Å². The van der Waals surface area contributed by atoms with Gasteiger partial charge in [-0.25, -0.2) is 4.98 Å². The normalized spacial score (nSPS) is 11.8. The van der Waals surface area contributed by atoms with Gasteiger partial charge in [-0.3, -0.25) is 9.59 Å². The first kappa shape index (κ1) is 14.0. The Morgan fingerprint density at radius 2 is 2.28 bits per heavy atom. The molecule has 1 amide bonds. The predicted molar refractivity (Wildman–Crippen MR) is 67.3 cm³/mol. The third-order valence-electron chi connectivity index (χ3n) is 2.47. The molecule has 1 rings (SSSR count). The van der Waals surface area contributed by atoms with Gasteiger partial charge < -0.3 is 16.2 Å². The zero-order valence-electron chi connectivity index (χ0n) is 10.2. The van der Waals surface area contributed by atoms with Crippen LogP contribution in [0, 0.1) is 0 Å². The lowest BCUT2D eigenvalue weighted by atomic mass is 10.1. The number of primary amides is 1. The van der Waals surface area contributed by atoms with E-state index in [4.69, 9.17) is 10.8 Å². The summed E-state index contributed by atoms with van der Waals surface area (Å²) in [5.41, 5.74) is 5.50. The third-order valence-corrected chi connectivity index (χ3v) is 2.47. The molecule has 0 aliphatic carbocycles. The van der Waals surface area contributed by atoms with Crippen molar-refractivity contribution >= 4 is 17.7 Å². The molecule has 0 fully saturated rings. The SMILES string of the molecule is CCCC(CC(=O)O)Nc1ncccc1C(N)=O. The van der Waals surface area contributed by atoms with Gasteiger partial charge in [-0.1, -0.05) is 13.3 Å². The topological polar surface area (TPSA) is 105 Å². The number of rotatable bonds is 7. The molecule has 0 saturated heterocycles. The summed E-state index contributed by atoms with van der Waals surface area (Å²) in [4.78, 5) is 26.0. The first-order valence-electron chi connectivity index (χ1n) is 5.77. The summed E-state index contributed by atoms with van der Waals surface area (Å²) >= 11 is 0. The highest BCUT2D eigenvalue weighted by Gasteiger charge is 2.16. The molecule has 0 spiro atoms. The van der Waals surface area contributed by atoms with Crippen LogP contribution in [0.15, 0.2) is 18.3 Å². The molecule has 4 N–H and O–H groups in total. The average molecular weight is 251 g/mol. The molecular weight excluding hydrogens is 234 g/mol. The van der Waals surface area contributed by atoms with E-state index in [1.54, 1.807) is 12.1 Å². The summed E-state index contributed by atoms with van der Waals surface area (Å²) in [5, 5.41) is 11.8. The van der Waals surface area contributed by atoms with Crippen LogP contribution in [-0.2, 0) is 4.79 Å². The van der Waals surface area contributed by atoms with Crippen molar-refractivity contribution in [2.45, 2.75) is 32.2 Å². The van der Waals surface area contributed by atoms with Gasteiger partial charge in [0.1, 0.15) is 5.82 Å². The summed E-state index contributed by atoms with van der Waals surface area (Å²) < 4.78 is 0. The molecule has 18 heavy (non-hydrogen) atoms. The molecule has 0 aromatic carbocycles. The fourth-order valence-corrected chi connectivity index (χ4v) is 1.70. The number of hydrogen-bond donors (Lipinski definition) is 3. The molecule has 0 aliphatic rings. The number of pyridine rings is 1. The third kappa shape index (κ3) is 4.04. The van der Waals surface area contributed by atoms with Crippen molar-refractivity contribution in [3.8, 4) is 0 Å². The second-order valence-electron chi connectivity index (χ2n) is 3.99. The molecule has 0 aliphatic heterocycles. The van der Waals surface area contributed by atoms with Gasteiger partial charge in [0.25, 0.3) is 5.91 Å². The molecule has 0 saturated carbocycles. The Morgan fingerprint density at radius 1 is 1.56 bits per heavy atom. The first-order valence-corrected chi connectivity index (χ1v) is 5.77. The van der Waals surface area contributed by atoms with Crippen molar-refractivity contribution in [1.29, 1.82) is 0 Å². The van der Waals surface area contributed by atoms with E-state index in [1.165, 1.54) is 6.20 Å². The van der Waals surface area contributed by atoms with E-state index >= 15 is 0 Å². The molecule has 1 aromatic rings. The molecule has 1 atom stereocenters. The van der Waals surface area contributed by atoms with Crippen LogP contribution in [-0.4, -0.2) is 28.0 Å². The monoisotopic (exact) mass is 251 g/mol. The van der Waals surface area contributed by atoms with E-state index in [1.807, 2.05) is 6.92 Å². The molecule has 6 heteroatoms. The molecule has 1 aromatic heterocycles. The Kier molecular flexibility index (Phi) is 5.10. The Labute approximate surface area is 105 Å². The number of nitrogens with zero attached hydrogens (tertiary/aromatic N) is 1. The van der Waals surface area contributed by atoms with Crippen LogP contribution in [0.4, 0.5) is 5.82 Å². The highest BCUT2D eigenvalue weighted by Crippen LogP contribution is 2.15. The van der Waals surface area contributed by atoms with Crippen LogP contribution in [0.1, 0.15) is 36.5 Å². The number of nitrogens with one attached hydrogen (secondary N) is 1. The fraction of sp³-hybridized carbons (Fsp3) is 0.417. The van der Waals surface area contributed by atoms with E-state index < -0.39 is 11.9 Å². The van der Waals surface area contributed by atoms with Crippen molar-refractivity contribution in [2.24, 2.45) is 5.73 Å². The van der Waals surface area contributed by atoms with E-state index in [-0.39, 0.29) is 18.0 Å². The number of aromatic nitrogens is 1. The minimum atomic E-state index is -0.891. The quantitative estimate of drug-likeness (QED) is 0.676. The number of carbonyl (C=O) groups excluding carboxylic acids is 1. The van der Waals surface area contributed by atoms with Gasteiger partial charge in [0.15, 0.2) is 0 Å². The maximum absolute atomic E-state index is 11.2. The van der Waals surface area contributed by atoms with E-state index in [2.05, 4.69) is 10.3 Å². The van der Waals surface area contributed by atoms with Gasteiger partial charge in [-0.2, -0.15) is 0 Å². The van der Waals surface area contributed by atoms with Crippen LogP contribution in [0.25, 0.3) is 0 Å². The summed E-state index contributed by atoms with van der Waals surface area (Å²) in [6.07, 6.45) is 3.02. The van der Waals surface area contributed by atoms with Gasteiger partial charge >= 0.3 is 5.97 Å². The van der Waals surface area contributed by atoms with E-state index in [0.717, 1.165) is 6.42 Å². The number of amides is 1. The number of nitrogens with two attached hydrogens (primary N) is 1. The Morgan fingerprint density at radius 3 is 2.83 bits per heavy atom. The van der Waals surface area contributed by atoms with Crippen molar-refractivity contribution in [2.75, 3.05) is 5.32 Å². The van der Waals surface area contributed by atoms with E-state index in [0.29, 0.717) is 12.2 Å².